The van der Waals surface area contributed by atoms with Crippen molar-refractivity contribution < 1.29 is 4.79 Å². The van der Waals surface area contributed by atoms with Gasteiger partial charge in [-0.15, -0.1) is 0 Å². The average molecular weight is 258 g/mol. The van der Waals surface area contributed by atoms with E-state index in [0.717, 1.165) is 23.4 Å². The van der Waals surface area contributed by atoms with Crippen molar-refractivity contribution in [1.29, 1.82) is 0 Å². The minimum absolute atomic E-state index is 0.0284. The molecule has 0 saturated heterocycles. The van der Waals surface area contributed by atoms with E-state index in [1.165, 1.54) is 0 Å². The van der Waals surface area contributed by atoms with Crippen LogP contribution in [0.1, 0.15) is 13.3 Å². The highest BCUT2D eigenvalue weighted by Gasteiger charge is 2.14. The number of aromatic nitrogens is 2. The lowest BCUT2D eigenvalue weighted by atomic mass is 10.1. The molecule has 1 unspecified atom stereocenters. The first-order valence-corrected chi connectivity index (χ1v) is 6.35. The Hall–Kier alpha value is -2.14. The standard InChI is InChI=1S/C14H18N4O/c1-2-10(9-15)14(19)17-12-5-3-11(4-6-12)13-7-8-16-18-13/h3-8,10H,2,9,15H2,1H3,(H,16,18)(H,17,19). The Balaban J connectivity index is 2.05. The number of amides is 1. The van der Waals surface area contributed by atoms with Gasteiger partial charge in [-0.25, -0.2) is 0 Å². The zero-order valence-corrected chi connectivity index (χ0v) is 10.9. The zero-order valence-electron chi connectivity index (χ0n) is 10.9. The molecule has 5 heteroatoms. The molecular formula is C14H18N4O. The van der Waals surface area contributed by atoms with Crippen LogP contribution in [-0.2, 0) is 4.79 Å². The number of nitrogens with two attached hydrogens (primary N) is 1. The first-order valence-electron chi connectivity index (χ1n) is 6.35. The summed E-state index contributed by atoms with van der Waals surface area (Å²) in [5, 5.41) is 9.67. The molecule has 5 nitrogen and oxygen atoms in total. The first-order chi connectivity index (χ1) is 9.24. The number of nitrogens with one attached hydrogen (secondary N) is 2. The molecule has 19 heavy (non-hydrogen) atoms. The van der Waals surface area contributed by atoms with Gasteiger partial charge in [-0.3, -0.25) is 9.89 Å². The van der Waals surface area contributed by atoms with Gasteiger partial charge in [-0.1, -0.05) is 19.1 Å². The number of carbonyl (C=O) groups excluding carboxylic acids is 1. The van der Waals surface area contributed by atoms with Gasteiger partial charge in [0.1, 0.15) is 0 Å². The fourth-order valence-electron chi connectivity index (χ4n) is 1.85. The van der Waals surface area contributed by atoms with Gasteiger partial charge in [0.2, 0.25) is 5.91 Å². The Morgan fingerprint density at radius 2 is 2.11 bits per heavy atom. The molecule has 0 radical (unpaired) electrons. The van der Waals surface area contributed by atoms with Crippen LogP contribution >= 0.6 is 0 Å². The van der Waals surface area contributed by atoms with Gasteiger partial charge in [-0.05, 0) is 30.2 Å². The number of H-pyrrole nitrogens is 1. The Morgan fingerprint density at radius 3 is 2.63 bits per heavy atom. The molecule has 1 aromatic heterocycles. The Kier molecular flexibility index (Phi) is 4.30. The second-order valence-corrected chi connectivity index (χ2v) is 4.38. The van der Waals surface area contributed by atoms with Gasteiger partial charge in [-0.2, -0.15) is 5.10 Å². The van der Waals surface area contributed by atoms with E-state index >= 15 is 0 Å². The van der Waals surface area contributed by atoms with Crippen LogP contribution in [0.5, 0.6) is 0 Å². The highest BCUT2D eigenvalue weighted by Crippen LogP contribution is 2.19. The summed E-state index contributed by atoms with van der Waals surface area (Å²) in [5.41, 5.74) is 8.31. The number of anilines is 1. The SMILES string of the molecule is CCC(CN)C(=O)Nc1ccc(-c2ccn[nH]2)cc1. The van der Waals surface area contributed by atoms with Gasteiger partial charge in [0.15, 0.2) is 0 Å². The summed E-state index contributed by atoms with van der Waals surface area (Å²) in [4.78, 5) is 11.9. The molecular weight excluding hydrogens is 240 g/mol. The fourth-order valence-corrected chi connectivity index (χ4v) is 1.85. The largest absolute Gasteiger partial charge is 0.330 e. The third kappa shape index (κ3) is 3.20. The summed E-state index contributed by atoms with van der Waals surface area (Å²) < 4.78 is 0. The van der Waals surface area contributed by atoms with Crippen LogP contribution < -0.4 is 11.1 Å². The third-order valence-electron chi connectivity index (χ3n) is 3.11. The van der Waals surface area contributed by atoms with Gasteiger partial charge >= 0.3 is 0 Å². The fraction of sp³-hybridized carbons (Fsp3) is 0.286. The van der Waals surface area contributed by atoms with Crippen LogP contribution in [0.3, 0.4) is 0 Å². The summed E-state index contributed by atoms with van der Waals surface area (Å²) in [6.45, 7) is 2.33. The molecule has 2 rings (SSSR count). The molecule has 100 valence electrons. The quantitative estimate of drug-likeness (QED) is 0.767. The van der Waals surface area contributed by atoms with Gasteiger partial charge < -0.3 is 11.1 Å². The third-order valence-corrected chi connectivity index (χ3v) is 3.11. The maximum absolute atomic E-state index is 11.9. The van der Waals surface area contributed by atoms with Gasteiger partial charge in [0.05, 0.1) is 11.6 Å². The molecule has 0 fully saturated rings. The highest BCUT2D eigenvalue weighted by atomic mass is 16.1. The van der Waals surface area contributed by atoms with E-state index in [2.05, 4.69) is 15.5 Å². The zero-order chi connectivity index (χ0) is 13.7. The predicted molar refractivity (Wildman–Crippen MR) is 75.5 cm³/mol. The van der Waals surface area contributed by atoms with Crippen LogP contribution in [0.4, 0.5) is 5.69 Å². The summed E-state index contributed by atoms with van der Waals surface area (Å²) in [5.74, 6) is -0.161. The number of benzene rings is 1. The Morgan fingerprint density at radius 1 is 1.37 bits per heavy atom. The van der Waals surface area contributed by atoms with Crippen molar-refractivity contribution in [3.8, 4) is 11.3 Å². The smallest absolute Gasteiger partial charge is 0.228 e. The Labute approximate surface area is 112 Å². The number of rotatable bonds is 5. The summed E-state index contributed by atoms with van der Waals surface area (Å²) in [6.07, 6.45) is 2.45. The highest BCUT2D eigenvalue weighted by molar-refractivity contribution is 5.92. The maximum Gasteiger partial charge on any atom is 0.228 e. The van der Waals surface area contributed by atoms with E-state index in [-0.39, 0.29) is 11.8 Å². The van der Waals surface area contributed by atoms with Crippen molar-refractivity contribution >= 4 is 11.6 Å². The lowest BCUT2D eigenvalue weighted by Crippen LogP contribution is -2.28. The normalized spacial score (nSPS) is 12.1. The van der Waals surface area contributed by atoms with E-state index in [0.29, 0.717) is 6.54 Å². The van der Waals surface area contributed by atoms with Crippen LogP contribution in [0, 0.1) is 5.92 Å². The van der Waals surface area contributed by atoms with Crippen molar-refractivity contribution in [3.05, 3.63) is 36.5 Å². The second kappa shape index (κ2) is 6.15. The van der Waals surface area contributed by atoms with Crippen LogP contribution in [0.2, 0.25) is 0 Å². The lowest BCUT2D eigenvalue weighted by Gasteiger charge is -2.12. The van der Waals surface area contributed by atoms with E-state index in [1.807, 2.05) is 37.3 Å². The summed E-state index contributed by atoms with van der Waals surface area (Å²) >= 11 is 0. The molecule has 4 N–H and O–H groups in total. The molecule has 0 aliphatic carbocycles. The minimum atomic E-state index is -0.132. The number of carbonyl (C=O) groups is 1. The predicted octanol–water partition coefficient (Wildman–Crippen LogP) is 2.00. The average Bonchev–Trinajstić information content (AvgIpc) is 2.95. The van der Waals surface area contributed by atoms with Gasteiger partial charge in [0.25, 0.3) is 0 Å². The number of hydrogen-bond donors (Lipinski definition) is 3. The second-order valence-electron chi connectivity index (χ2n) is 4.38. The monoisotopic (exact) mass is 258 g/mol. The molecule has 0 bridgehead atoms. The van der Waals surface area contributed by atoms with E-state index in [4.69, 9.17) is 5.73 Å². The lowest BCUT2D eigenvalue weighted by molar-refractivity contribution is -0.119. The summed E-state index contributed by atoms with van der Waals surface area (Å²) in [7, 11) is 0. The van der Waals surface area contributed by atoms with E-state index in [9.17, 15) is 4.79 Å². The number of hydrogen-bond acceptors (Lipinski definition) is 3. The number of nitrogens with zero attached hydrogens (tertiary/aromatic N) is 1. The van der Waals surface area contributed by atoms with E-state index in [1.54, 1.807) is 6.20 Å². The first kappa shape index (κ1) is 13.3. The molecule has 0 spiro atoms. The summed E-state index contributed by atoms with van der Waals surface area (Å²) in [6, 6.07) is 9.52. The maximum atomic E-state index is 11.9. The van der Waals surface area contributed by atoms with Crippen LogP contribution in [0.15, 0.2) is 36.5 Å². The molecule has 1 amide bonds. The van der Waals surface area contributed by atoms with Crippen LogP contribution in [0.25, 0.3) is 11.3 Å². The van der Waals surface area contributed by atoms with Crippen molar-refractivity contribution in [2.75, 3.05) is 11.9 Å². The van der Waals surface area contributed by atoms with Crippen molar-refractivity contribution in [2.45, 2.75) is 13.3 Å². The van der Waals surface area contributed by atoms with E-state index < -0.39 is 0 Å². The van der Waals surface area contributed by atoms with Crippen LogP contribution in [-0.4, -0.2) is 22.6 Å². The molecule has 1 atom stereocenters. The van der Waals surface area contributed by atoms with Crippen molar-refractivity contribution in [3.63, 3.8) is 0 Å². The molecule has 1 heterocycles. The molecule has 0 saturated carbocycles. The molecule has 2 aromatic rings. The molecule has 0 aliphatic heterocycles. The number of aromatic amines is 1. The topological polar surface area (TPSA) is 83.8 Å². The van der Waals surface area contributed by atoms with Gasteiger partial charge in [0, 0.05) is 18.4 Å². The molecule has 1 aromatic carbocycles. The van der Waals surface area contributed by atoms with Crippen molar-refractivity contribution in [2.24, 2.45) is 11.7 Å². The minimum Gasteiger partial charge on any atom is -0.330 e. The van der Waals surface area contributed by atoms with Crippen molar-refractivity contribution in [1.82, 2.24) is 10.2 Å². The Bertz CT molecular complexity index is 515. The molecule has 0 aliphatic rings.